The average molecular weight is 402 g/mol. The molecule has 0 radical (unpaired) electrons. The van der Waals surface area contributed by atoms with Gasteiger partial charge in [-0.1, -0.05) is 24.3 Å². The fraction of sp³-hybridized carbons (Fsp3) is 0.286. The molecule has 2 aromatic carbocycles. The van der Waals surface area contributed by atoms with E-state index in [2.05, 4.69) is 5.32 Å². The van der Waals surface area contributed by atoms with Crippen molar-refractivity contribution >= 4 is 17.8 Å². The maximum absolute atomic E-state index is 12.9. The van der Waals surface area contributed by atoms with Gasteiger partial charge < -0.3 is 20.1 Å². The molecule has 154 valence electrons. The molecule has 0 aliphatic heterocycles. The molecule has 0 aliphatic carbocycles. The van der Waals surface area contributed by atoms with Crippen molar-refractivity contribution in [3.8, 4) is 0 Å². The third-order valence-electron chi connectivity index (χ3n) is 4.17. The van der Waals surface area contributed by atoms with Crippen LogP contribution < -0.4 is 5.32 Å². The molecule has 8 heteroatoms. The predicted octanol–water partition coefficient (Wildman–Crippen LogP) is 1.64. The van der Waals surface area contributed by atoms with Gasteiger partial charge in [-0.15, -0.1) is 0 Å². The van der Waals surface area contributed by atoms with Crippen molar-refractivity contribution in [1.29, 1.82) is 0 Å². The summed E-state index contributed by atoms with van der Waals surface area (Å²) in [6, 6.07) is 11.9. The van der Waals surface area contributed by atoms with Crippen LogP contribution >= 0.6 is 0 Å². The molecule has 0 saturated carbocycles. The number of halogens is 1. The SMILES string of the molecule is CCN(CC(=O)NCc1ccc(F)cc1)C(=O)COC(=O)c1ccc(CO)cc1. The lowest BCUT2D eigenvalue weighted by atomic mass is 10.1. The normalized spacial score (nSPS) is 10.3. The van der Waals surface area contributed by atoms with Crippen molar-refractivity contribution in [3.63, 3.8) is 0 Å². The third kappa shape index (κ3) is 7.00. The monoisotopic (exact) mass is 402 g/mol. The Morgan fingerprint density at radius 3 is 2.24 bits per heavy atom. The summed E-state index contributed by atoms with van der Waals surface area (Å²) < 4.78 is 17.9. The van der Waals surface area contributed by atoms with Crippen molar-refractivity contribution < 1.29 is 28.6 Å². The van der Waals surface area contributed by atoms with Gasteiger partial charge in [0, 0.05) is 13.1 Å². The van der Waals surface area contributed by atoms with Crippen LogP contribution in [0.4, 0.5) is 4.39 Å². The smallest absolute Gasteiger partial charge is 0.338 e. The van der Waals surface area contributed by atoms with E-state index in [1.54, 1.807) is 31.2 Å². The molecule has 0 fully saturated rings. The summed E-state index contributed by atoms with van der Waals surface area (Å²) in [5.74, 6) is -1.90. The first kappa shape index (κ1) is 22.0. The molecule has 0 unspecified atom stereocenters. The minimum Gasteiger partial charge on any atom is -0.452 e. The molecule has 2 amide bonds. The van der Waals surface area contributed by atoms with E-state index in [1.165, 1.54) is 29.2 Å². The van der Waals surface area contributed by atoms with Crippen LogP contribution in [-0.4, -0.2) is 47.5 Å². The largest absolute Gasteiger partial charge is 0.452 e. The van der Waals surface area contributed by atoms with Crippen LogP contribution in [0.5, 0.6) is 0 Å². The lowest BCUT2D eigenvalue weighted by molar-refractivity contribution is -0.138. The van der Waals surface area contributed by atoms with E-state index in [-0.39, 0.29) is 43.5 Å². The van der Waals surface area contributed by atoms with E-state index in [1.807, 2.05) is 0 Å². The Balaban J connectivity index is 1.80. The van der Waals surface area contributed by atoms with Crippen molar-refractivity contribution in [2.75, 3.05) is 19.7 Å². The lowest BCUT2D eigenvalue weighted by Gasteiger charge is -2.20. The van der Waals surface area contributed by atoms with Gasteiger partial charge in [-0.25, -0.2) is 9.18 Å². The Hall–Kier alpha value is -3.26. The number of rotatable bonds is 9. The maximum Gasteiger partial charge on any atom is 0.338 e. The van der Waals surface area contributed by atoms with E-state index < -0.39 is 18.5 Å². The van der Waals surface area contributed by atoms with Crippen LogP contribution in [0, 0.1) is 5.82 Å². The van der Waals surface area contributed by atoms with Gasteiger partial charge in [0.05, 0.1) is 18.7 Å². The van der Waals surface area contributed by atoms with Gasteiger partial charge >= 0.3 is 5.97 Å². The molecule has 2 N–H and O–H groups in total. The van der Waals surface area contributed by atoms with E-state index >= 15 is 0 Å². The molecule has 0 saturated heterocycles. The number of nitrogens with zero attached hydrogens (tertiary/aromatic N) is 1. The molecule has 0 aromatic heterocycles. The molecule has 29 heavy (non-hydrogen) atoms. The Labute approximate surface area is 168 Å². The Kier molecular flexibility index (Phi) is 8.29. The number of aliphatic hydroxyl groups is 1. The van der Waals surface area contributed by atoms with Crippen LogP contribution in [0.3, 0.4) is 0 Å². The number of aliphatic hydroxyl groups excluding tert-OH is 1. The minimum atomic E-state index is -0.667. The summed E-state index contributed by atoms with van der Waals surface area (Å²) in [5, 5.41) is 11.7. The molecular weight excluding hydrogens is 379 g/mol. The summed E-state index contributed by atoms with van der Waals surface area (Å²) >= 11 is 0. The highest BCUT2D eigenvalue weighted by molar-refractivity contribution is 5.92. The standard InChI is InChI=1S/C21H23FN2O5/c1-2-24(12-19(26)23-11-15-5-9-18(22)10-6-15)20(27)14-29-21(28)17-7-3-16(13-25)4-8-17/h3-10,25H,2,11-14H2,1H3,(H,23,26). The van der Waals surface area contributed by atoms with E-state index in [0.29, 0.717) is 5.56 Å². The summed E-state index contributed by atoms with van der Waals surface area (Å²) in [6.45, 7) is 1.39. The third-order valence-corrected chi connectivity index (χ3v) is 4.17. The zero-order chi connectivity index (χ0) is 21.2. The van der Waals surface area contributed by atoms with Crippen LogP contribution in [0.2, 0.25) is 0 Å². The van der Waals surface area contributed by atoms with Crippen LogP contribution in [0.15, 0.2) is 48.5 Å². The fourth-order valence-electron chi connectivity index (χ4n) is 2.46. The lowest BCUT2D eigenvalue weighted by Crippen LogP contribution is -2.42. The first-order valence-corrected chi connectivity index (χ1v) is 9.08. The van der Waals surface area contributed by atoms with E-state index in [9.17, 15) is 18.8 Å². The van der Waals surface area contributed by atoms with Crippen LogP contribution in [-0.2, 0) is 27.5 Å². The number of carbonyl (C=O) groups is 3. The molecule has 0 atom stereocenters. The van der Waals surface area contributed by atoms with Gasteiger partial charge in [-0.05, 0) is 42.3 Å². The van der Waals surface area contributed by atoms with Gasteiger partial charge in [0.2, 0.25) is 5.91 Å². The van der Waals surface area contributed by atoms with E-state index in [4.69, 9.17) is 9.84 Å². The highest BCUT2D eigenvalue weighted by Crippen LogP contribution is 2.06. The van der Waals surface area contributed by atoms with Gasteiger partial charge in [0.25, 0.3) is 5.91 Å². The van der Waals surface area contributed by atoms with E-state index in [0.717, 1.165) is 5.56 Å². The maximum atomic E-state index is 12.9. The highest BCUT2D eigenvalue weighted by Gasteiger charge is 2.18. The summed E-state index contributed by atoms with van der Waals surface area (Å²) in [6.07, 6.45) is 0. The summed E-state index contributed by atoms with van der Waals surface area (Å²) in [5.41, 5.74) is 1.65. The number of hydrogen-bond donors (Lipinski definition) is 2. The average Bonchev–Trinajstić information content (AvgIpc) is 2.75. The molecule has 2 aromatic rings. The number of likely N-dealkylation sites (N-methyl/N-ethyl adjacent to an activating group) is 1. The molecule has 0 aliphatic rings. The molecule has 0 bridgehead atoms. The Morgan fingerprint density at radius 1 is 1.03 bits per heavy atom. The molecule has 0 heterocycles. The molecule has 2 rings (SSSR count). The number of carbonyl (C=O) groups excluding carboxylic acids is 3. The predicted molar refractivity (Wildman–Crippen MR) is 103 cm³/mol. The van der Waals surface area contributed by atoms with Gasteiger partial charge in [-0.3, -0.25) is 9.59 Å². The number of hydrogen-bond acceptors (Lipinski definition) is 5. The van der Waals surface area contributed by atoms with Gasteiger partial charge in [0.15, 0.2) is 6.61 Å². The second-order valence-electron chi connectivity index (χ2n) is 6.24. The fourth-order valence-corrected chi connectivity index (χ4v) is 2.46. The topological polar surface area (TPSA) is 95.9 Å². The quantitative estimate of drug-likeness (QED) is 0.622. The minimum absolute atomic E-state index is 0.136. The second kappa shape index (κ2) is 10.9. The number of amides is 2. The second-order valence-corrected chi connectivity index (χ2v) is 6.24. The number of ether oxygens (including phenoxy) is 1. The van der Waals surface area contributed by atoms with Crippen LogP contribution in [0.1, 0.15) is 28.4 Å². The summed E-state index contributed by atoms with van der Waals surface area (Å²) in [4.78, 5) is 37.6. The number of esters is 1. The van der Waals surface area contributed by atoms with Gasteiger partial charge in [0.1, 0.15) is 5.82 Å². The first-order chi connectivity index (χ1) is 13.9. The van der Waals surface area contributed by atoms with Crippen molar-refractivity contribution in [2.24, 2.45) is 0 Å². The summed E-state index contributed by atoms with van der Waals surface area (Å²) in [7, 11) is 0. The first-order valence-electron chi connectivity index (χ1n) is 9.08. The molecule has 7 nitrogen and oxygen atoms in total. The Morgan fingerprint density at radius 2 is 1.66 bits per heavy atom. The van der Waals surface area contributed by atoms with Crippen LogP contribution in [0.25, 0.3) is 0 Å². The van der Waals surface area contributed by atoms with Crippen molar-refractivity contribution in [1.82, 2.24) is 10.2 Å². The molecule has 0 spiro atoms. The van der Waals surface area contributed by atoms with Crippen molar-refractivity contribution in [3.05, 3.63) is 71.0 Å². The number of benzene rings is 2. The van der Waals surface area contributed by atoms with Gasteiger partial charge in [-0.2, -0.15) is 0 Å². The zero-order valence-corrected chi connectivity index (χ0v) is 16.1. The van der Waals surface area contributed by atoms with Crippen molar-refractivity contribution in [2.45, 2.75) is 20.1 Å². The highest BCUT2D eigenvalue weighted by atomic mass is 19.1. The number of nitrogens with one attached hydrogen (secondary N) is 1. The molecular formula is C21H23FN2O5. The Bertz CT molecular complexity index is 837. The zero-order valence-electron chi connectivity index (χ0n) is 16.1.